The summed E-state index contributed by atoms with van der Waals surface area (Å²) < 4.78 is 0. The zero-order chi connectivity index (χ0) is 79.7. The van der Waals surface area contributed by atoms with E-state index in [9.17, 15) is 0 Å². The number of rotatable bonds is 7. The van der Waals surface area contributed by atoms with Crippen LogP contribution in [-0.2, 0) is 43.3 Å². The Morgan fingerprint density at radius 3 is 1.18 bits per heavy atom. The van der Waals surface area contributed by atoms with Crippen LogP contribution in [-0.4, -0.2) is 28.2 Å². The molecule has 4 heteroatoms. The third-order valence-electron chi connectivity index (χ3n) is 27.3. The van der Waals surface area contributed by atoms with Crippen molar-refractivity contribution in [1.29, 1.82) is 0 Å². The molecule has 0 atom stereocenters. The Morgan fingerprint density at radius 1 is 0.324 bits per heavy atom. The molecule has 4 heterocycles. The van der Waals surface area contributed by atoms with E-state index in [2.05, 4.69) is 399 Å². The highest BCUT2D eigenvalue weighted by atomic mass is 15.1. The number of anilines is 8. The van der Waals surface area contributed by atoms with Crippen molar-refractivity contribution in [2.75, 3.05) is 47.8 Å². The first-order chi connectivity index (χ1) is 52.5. The van der Waals surface area contributed by atoms with Gasteiger partial charge < -0.3 is 19.6 Å². The van der Waals surface area contributed by atoms with Crippen molar-refractivity contribution in [2.45, 2.75) is 277 Å². The summed E-state index contributed by atoms with van der Waals surface area (Å²) in [6.07, 6.45) is 16.1. The smallest absolute Gasteiger partial charge is 0.0742 e. The van der Waals surface area contributed by atoms with Crippen molar-refractivity contribution in [3.63, 3.8) is 0 Å². The Labute approximate surface area is 672 Å². The van der Waals surface area contributed by atoms with Gasteiger partial charge >= 0.3 is 0 Å². The van der Waals surface area contributed by atoms with Crippen molar-refractivity contribution >= 4 is 45.5 Å². The SMILES string of the molecule is CCC1(CC)c2ccc(C(C)C)cc2N(C)c2ccc(C(C)C)cc21.CN1c2cc(C(C)(C)C)ccc2C(c2ccccc2)(c2ccccc2)c2ccc(C(C)(C)C)cc21.CN1c2ccc(C(C)(C)C)cc2C(C)(C)c2cc(C(C)(C)C)ccc21.CN1c2ccccc2C2(CCCCC2)c2cc(C3CCCCC3)ccc21. The van der Waals surface area contributed by atoms with E-state index < -0.39 is 5.41 Å². The molecule has 10 aromatic rings. The van der Waals surface area contributed by atoms with Crippen molar-refractivity contribution in [3.8, 4) is 0 Å². The van der Waals surface area contributed by atoms with E-state index in [4.69, 9.17) is 0 Å². The molecule has 0 N–H and O–H groups in total. The minimum absolute atomic E-state index is 0.000301. The molecule has 4 aliphatic heterocycles. The van der Waals surface area contributed by atoms with Crippen LogP contribution in [0.15, 0.2) is 212 Å². The summed E-state index contributed by atoms with van der Waals surface area (Å²) >= 11 is 0. The average Bonchev–Trinajstić information content (AvgIpc) is 0.696. The van der Waals surface area contributed by atoms with E-state index in [0.717, 1.165) is 18.8 Å². The third-order valence-corrected chi connectivity index (χ3v) is 27.3. The van der Waals surface area contributed by atoms with Crippen molar-refractivity contribution in [2.24, 2.45) is 0 Å². The maximum atomic E-state index is 2.63. The molecule has 111 heavy (non-hydrogen) atoms. The number of benzene rings is 10. The Morgan fingerprint density at radius 2 is 0.694 bits per heavy atom. The highest BCUT2D eigenvalue weighted by Gasteiger charge is 2.48. The number of para-hydroxylation sites is 1. The minimum atomic E-state index is -0.396. The molecule has 0 bridgehead atoms. The summed E-state index contributed by atoms with van der Waals surface area (Å²) in [6.45, 7) is 46.1. The predicted molar refractivity (Wildman–Crippen MR) is 482 cm³/mol. The molecule has 2 fully saturated rings. The summed E-state index contributed by atoms with van der Waals surface area (Å²) in [5, 5.41) is 0. The monoisotopic (exact) mass is 1480 g/mol. The highest BCUT2D eigenvalue weighted by Crippen LogP contribution is 2.60. The van der Waals surface area contributed by atoms with Crippen LogP contribution in [0, 0.1) is 0 Å². The van der Waals surface area contributed by atoms with Gasteiger partial charge in [-0.2, -0.15) is 0 Å². The van der Waals surface area contributed by atoms with Gasteiger partial charge in [-0.05, 0) is 221 Å². The molecule has 0 aromatic heterocycles. The van der Waals surface area contributed by atoms with Gasteiger partial charge in [0.2, 0.25) is 0 Å². The summed E-state index contributed by atoms with van der Waals surface area (Å²) in [7, 11) is 8.91. The summed E-state index contributed by atoms with van der Waals surface area (Å²) in [4.78, 5) is 9.62. The normalized spacial score (nSPS) is 17.1. The quantitative estimate of drug-likeness (QED) is 0.158. The molecule has 0 saturated heterocycles. The summed E-state index contributed by atoms with van der Waals surface area (Å²) in [5.41, 5.74) is 35.7. The highest BCUT2D eigenvalue weighted by molar-refractivity contribution is 5.85. The van der Waals surface area contributed by atoms with Gasteiger partial charge in [0.05, 0.1) is 5.41 Å². The van der Waals surface area contributed by atoms with E-state index in [1.165, 1.54) is 188 Å². The molecule has 0 amide bonds. The van der Waals surface area contributed by atoms with Crippen LogP contribution in [0.25, 0.3) is 0 Å². The molecular formula is C107H134N4. The van der Waals surface area contributed by atoms with Crippen LogP contribution < -0.4 is 19.6 Å². The second kappa shape index (κ2) is 30.7. The Bertz CT molecular complexity index is 4780. The van der Waals surface area contributed by atoms with E-state index in [1.54, 1.807) is 16.7 Å². The molecule has 2 saturated carbocycles. The molecule has 1 spiro atoms. The maximum absolute atomic E-state index is 2.63. The lowest BCUT2D eigenvalue weighted by molar-refractivity contribution is 0.343. The van der Waals surface area contributed by atoms with E-state index in [-0.39, 0.29) is 37.9 Å². The first kappa shape index (κ1) is 80.4. The minimum Gasteiger partial charge on any atom is -0.344 e. The Kier molecular flexibility index (Phi) is 22.3. The molecule has 2 aliphatic carbocycles. The third kappa shape index (κ3) is 14.7. The maximum Gasteiger partial charge on any atom is 0.0742 e. The fourth-order valence-electron chi connectivity index (χ4n) is 20.0. The zero-order valence-corrected chi connectivity index (χ0v) is 72.7. The lowest BCUT2D eigenvalue weighted by atomic mass is 9.62. The summed E-state index contributed by atoms with van der Waals surface area (Å²) in [6, 6.07) is 81.4. The lowest BCUT2D eigenvalue weighted by Crippen LogP contribution is -2.38. The van der Waals surface area contributed by atoms with Gasteiger partial charge in [-0.15, -0.1) is 0 Å². The van der Waals surface area contributed by atoms with Gasteiger partial charge in [0.1, 0.15) is 0 Å². The Balaban J connectivity index is 0.000000131. The van der Waals surface area contributed by atoms with Crippen molar-refractivity contribution in [1.82, 2.24) is 0 Å². The molecule has 0 radical (unpaired) electrons. The first-order valence-electron chi connectivity index (χ1n) is 42.7. The van der Waals surface area contributed by atoms with E-state index in [1.807, 2.05) is 0 Å². The number of hydrogen-bond donors (Lipinski definition) is 0. The standard InChI is InChI=1S/C34H37N.C25H31N.2C24H33N/c1-32(2,3)26-18-20-28-30(22-26)35(7)31-23-27(33(4,5)6)19-21-29(31)34(28,24-14-10-8-11-15-24)25-16-12-9-13-17-25;1-26-23-13-7-6-12-21(23)25(16-8-3-9-17-25)22-18-20(14-15-24(22)26)19-10-4-2-5-11-19;1-22(2,3)16-10-12-20-18(14-16)24(7,8)19-15-17(23(4,5)6)11-13-21(19)25(20)9;1-8-24(9-2)20-12-10-19(17(5)6)15-23(20)25(7)22-13-11-18(16(3)4)14-21(22)24/h8-23H,1-7H3;6-7,12-15,18-19H,2-5,8-11,16-17H2,1H3;10-15H,1-9H3;10-17H,8-9H2,1-7H3. The van der Waals surface area contributed by atoms with E-state index in [0.29, 0.717) is 11.8 Å². The topological polar surface area (TPSA) is 13.0 Å². The molecule has 6 aliphatic rings. The predicted octanol–water partition coefficient (Wildman–Crippen LogP) is 29.6. The lowest BCUT2D eigenvalue weighted by Gasteiger charge is -2.47. The second-order valence-corrected chi connectivity index (χ2v) is 39.2. The van der Waals surface area contributed by atoms with Crippen LogP contribution in [0.5, 0.6) is 0 Å². The fraction of sp³-hybridized carbons (Fsp3) is 0.439. The molecule has 4 nitrogen and oxygen atoms in total. The zero-order valence-electron chi connectivity index (χ0n) is 72.7. The summed E-state index contributed by atoms with van der Waals surface area (Å²) in [5.74, 6) is 1.91. The van der Waals surface area contributed by atoms with Gasteiger partial charge in [0.25, 0.3) is 0 Å². The van der Waals surface area contributed by atoms with Gasteiger partial charge in [0.15, 0.2) is 0 Å². The van der Waals surface area contributed by atoms with Crippen molar-refractivity contribution < 1.29 is 0 Å². The first-order valence-corrected chi connectivity index (χ1v) is 42.7. The van der Waals surface area contributed by atoms with Crippen LogP contribution in [0.3, 0.4) is 0 Å². The van der Waals surface area contributed by atoms with Crippen molar-refractivity contribution in [3.05, 3.63) is 307 Å². The average molecular weight is 1480 g/mol. The molecule has 10 aromatic carbocycles. The van der Waals surface area contributed by atoms with Gasteiger partial charge in [0, 0.05) is 89.9 Å². The van der Waals surface area contributed by atoms with Gasteiger partial charge in [-0.25, -0.2) is 0 Å². The Hall–Kier alpha value is -8.60. The number of nitrogens with zero attached hydrogens (tertiary/aromatic N) is 4. The number of hydrogen-bond acceptors (Lipinski definition) is 4. The van der Waals surface area contributed by atoms with E-state index >= 15 is 0 Å². The molecule has 582 valence electrons. The molecule has 0 unspecified atom stereocenters. The second-order valence-electron chi connectivity index (χ2n) is 39.2. The molecule has 16 rings (SSSR count). The largest absolute Gasteiger partial charge is 0.344 e. The van der Waals surface area contributed by atoms with Crippen LogP contribution in [0.1, 0.15) is 328 Å². The van der Waals surface area contributed by atoms with Crippen LogP contribution in [0.2, 0.25) is 0 Å². The van der Waals surface area contributed by atoms with Crippen LogP contribution >= 0.6 is 0 Å². The van der Waals surface area contributed by atoms with Gasteiger partial charge in [-0.1, -0.05) is 341 Å². The molecular weight excluding hydrogens is 1340 g/mol. The van der Waals surface area contributed by atoms with Crippen LogP contribution in [0.4, 0.5) is 45.5 Å². The fourth-order valence-corrected chi connectivity index (χ4v) is 20.0. The van der Waals surface area contributed by atoms with Gasteiger partial charge in [-0.3, -0.25) is 0 Å². The number of fused-ring (bicyclic) bond motifs is 10.